The molecule has 0 aliphatic rings. The summed E-state index contributed by atoms with van der Waals surface area (Å²) < 4.78 is 0. The Morgan fingerprint density at radius 1 is 1.47 bits per heavy atom. The average molecular weight is 287 g/mol. The number of hydrogen-bond acceptors (Lipinski definition) is 4. The molecule has 0 aliphatic carbocycles. The van der Waals surface area contributed by atoms with Crippen LogP contribution < -0.4 is 0 Å². The zero-order valence-electron chi connectivity index (χ0n) is 10.2. The number of likely N-dealkylation sites (N-methyl/N-ethyl adjacent to an activating group) is 1. The van der Waals surface area contributed by atoms with Crippen molar-refractivity contribution in [2.75, 3.05) is 7.05 Å². The first-order valence-electron chi connectivity index (χ1n) is 5.20. The fourth-order valence-corrected chi connectivity index (χ4v) is 1.64. The Hall–Kier alpha value is -2.15. The van der Waals surface area contributed by atoms with Crippen molar-refractivity contribution in [1.29, 1.82) is 0 Å². The number of benzene rings is 1. The number of nitrogens with zero attached hydrogens (tertiary/aromatic N) is 2. The van der Waals surface area contributed by atoms with Crippen LogP contribution in [0.4, 0.5) is 5.69 Å². The van der Waals surface area contributed by atoms with Gasteiger partial charge in [-0.15, -0.1) is 0 Å². The maximum atomic E-state index is 12.1. The van der Waals surface area contributed by atoms with Crippen molar-refractivity contribution in [2.24, 2.45) is 0 Å². The van der Waals surface area contributed by atoms with Crippen LogP contribution in [-0.2, 0) is 4.79 Å². The number of halogens is 1. The van der Waals surface area contributed by atoms with E-state index in [-0.39, 0.29) is 10.6 Å². The maximum Gasteiger partial charge on any atom is 0.326 e. The standard InChI is InChI=1S/C11H11ClN2O5/c1-6(11(16)17)13(2)10(15)9-7(12)4-3-5-8(9)14(18)19/h3-6H,1-2H3,(H,16,17). The van der Waals surface area contributed by atoms with Gasteiger partial charge in [-0.2, -0.15) is 0 Å². The summed E-state index contributed by atoms with van der Waals surface area (Å²) in [6, 6.07) is 2.69. The molecule has 0 spiro atoms. The molecule has 0 saturated carbocycles. The van der Waals surface area contributed by atoms with Gasteiger partial charge in [0.15, 0.2) is 0 Å². The number of carboxylic acids is 1. The summed E-state index contributed by atoms with van der Waals surface area (Å²) in [7, 11) is 1.24. The Balaban J connectivity index is 3.26. The Morgan fingerprint density at radius 2 is 2.05 bits per heavy atom. The van der Waals surface area contributed by atoms with Crippen LogP contribution in [-0.4, -0.2) is 39.9 Å². The zero-order valence-corrected chi connectivity index (χ0v) is 10.9. The van der Waals surface area contributed by atoms with Gasteiger partial charge in [0.1, 0.15) is 11.6 Å². The smallest absolute Gasteiger partial charge is 0.326 e. The zero-order chi connectivity index (χ0) is 14.7. The number of carbonyl (C=O) groups excluding carboxylic acids is 1. The lowest BCUT2D eigenvalue weighted by Crippen LogP contribution is -2.40. The van der Waals surface area contributed by atoms with Crippen molar-refractivity contribution >= 4 is 29.2 Å². The molecule has 8 heteroatoms. The van der Waals surface area contributed by atoms with Crippen LogP contribution in [0.3, 0.4) is 0 Å². The Morgan fingerprint density at radius 3 is 2.53 bits per heavy atom. The van der Waals surface area contributed by atoms with Crippen LogP contribution in [0.15, 0.2) is 18.2 Å². The van der Waals surface area contributed by atoms with Crippen LogP contribution in [0.2, 0.25) is 5.02 Å². The molecule has 1 atom stereocenters. The monoisotopic (exact) mass is 286 g/mol. The highest BCUT2D eigenvalue weighted by Crippen LogP contribution is 2.27. The fraction of sp³-hybridized carbons (Fsp3) is 0.273. The van der Waals surface area contributed by atoms with E-state index in [1.165, 1.54) is 26.1 Å². The molecule has 7 nitrogen and oxygen atoms in total. The molecule has 1 rings (SSSR count). The highest BCUT2D eigenvalue weighted by atomic mass is 35.5. The predicted molar refractivity (Wildman–Crippen MR) is 67.3 cm³/mol. The molecule has 0 radical (unpaired) electrons. The summed E-state index contributed by atoms with van der Waals surface area (Å²) in [6.45, 7) is 1.29. The number of amides is 1. The first-order valence-corrected chi connectivity index (χ1v) is 5.58. The molecule has 1 N–H and O–H groups in total. The molecular formula is C11H11ClN2O5. The SMILES string of the molecule is CC(C(=O)O)N(C)C(=O)c1c(Cl)cccc1[N+](=O)[O-]. The van der Waals surface area contributed by atoms with Gasteiger partial charge in [0.05, 0.1) is 9.95 Å². The summed E-state index contributed by atoms with van der Waals surface area (Å²) in [5, 5.41) is 19.6. The Labute approximate surface area is 113 Å². The predicted octanol–water partition coefficient (Wildman–Crippen LogP) is 1.79. The van der Waals surface area contributed by atoms with Crippen LogP contribution in [0.25, 0.3) is 0 Å². The lowest BCUT2D eigenvalue weighted by molar-refractivity contribution is -0.385. The van der Waals surface area contributed by atoms with Crippen molar-refractivity contribution < 1.29 is 19.6 Å². The number of hydrogen-bond donors (Lipinski definition) is 1. The summed E-state index contributed by atoms with van der Waals surface area (Å²) in [4.78, 5) is 33.9. The molecular weight excluding hydrogens is 276 g/mol. The molecule has 1 unspecified atom stereocenters. The molecule has 0 heterocycles. The van der Waals surface area contributed by atoms with Crippen LogP contribution >= 0.6 is 11.6 Å². The van der Waals surface area contributed by atoms with Gasteiger partial charge in [0.25, 0.3) is 11.6 Å². The minimum Gasteiger partial charge on any atom is -0.480 e. The lowest BCUT2D eigenvalue weighted by Gasteiger charge is -2.21. The van der Waals surface area contributed by atoms with Gasteiger partial charge in [-0.05, 0) is 13.0 Å². The van der Waals surface area contributed by atoms with Crippen molar-refractivity contribution in [2.45, 2.75) is 13.0 Å². The van der Waals surface area contributed by atoms with E-state index in [0.717, 1.165) is 11.0 Å². The molecule has 0 fully saturated rings. The first-order chi connectivity index (χ1) is 8.77. The van der Waals surface area contributed by atoms with Crippen LogP contribution in [0.1, 0.15) is 17.3 Å². The summed E-state index contributed by atoms with van der Waals surface area (Å²) in [6.07, 6.45) is 0. The Kier molecular flexibility index (Phi) is 4.44. The third-order valence-corrected chi connectivity index (χ3v) is 2.98. The van der Waals surface area contributed by atoms with Gasteiger partial charge >= 0.3 is 5.97 Å². The summed E-state index contributed by atoms with van der Waals surface area (Å²) >= 11 is 5.80. The third kappa shape index (κ3) is 3.00. The Bertz CT molecular complexity index is 546. The minimum atomic E-state index is -1.22. The summed E-state index contributed by atoms with van der Waals surface area (Å²) in [5.74, 6) is -2.03. The van der Waals surface area contributed by atoms with E-state index in [2.05, 4.69) is 0 Å². The largest absolute Gasteiger partial charge is 0.480 e. The van der Waals surface area contributed by atoms with Crippen molar-refractivity contribution in [3.63, 3.8) is 0 Å². The normalized spacial score (nSPS) is 11.7. The van der Waals surface area contributed by atoms with Crippen molar-refractivity contribution in [3.8, 4) is 0 Å². The van der Waals surface area contributed by atoms with Crippen molar-refractivity contribution in [1.82, 2.24) is 4.90 Å². The summed E-state index contributed by atoms with van der Waals surface area (Å²) in [5.41, 5.74) is -0.772. The maximum absolute atomic E-state index is 12.1. The number of carboxylic acid groups (broad SMARTS) is 1. The fourth-order valence-electron chi connectivity index (χ4n) is 1.39. The van der Waals surface area contributed by atoms with Crippen LogP contribution in [0.5, 0.6) is 0 Å². The lowest BCUT2D eigenvalue weighted by atomic mass is 10.1. The molecule has 0 aromatic heterocycles. The van der Waals surface area contributed by atoms with Crippen LogP contribution in [0, 0.1) is 10.1 Å². The highest BCUT2D eigenvalue weighted by molar-refractivity contribution is 6.34. The number of rotatable bonds is 4. The third-order valence-electron chi connectivity index (χ3n) is 2.66. The second kappa shape index (κ2) is 5.66. The van der Waals surface area contributed by atoms with E-state index in [9.17, 15) is 19.7 Å². The second-order valence-electron chi connectivity index (χ2n) is 3.82. The van der Waals surface area contributed by atoms with E-state index in [4.69, 9.17) is 16.7 Å². The molecule has 1 aromatic rings. The van der Waals surface area contributed by atoms with Gasteiger partial charge in [-0.3, -0.25) is 14.9 Å². The van der Waals surface area contributed by atoms with E-state index in [0.29, 0.717) is 0 Å². The minimum absolute atomic E-state index is 0.0939. The van der Waals surface area contributed by atoms with E-state index in [1.54, 1.807) is 0 Å². The highest BCUT2D eigenvalue weighted by Gasteiger charge is 2.30. The molecule has 1 amide bonds. The van der Waals surface area contributed by atoms with E-state index < -0.39 is 28.5 Å². The quantitative estimate of drug-likeness (QED) is 0.672. The van der Waals surface area contributed by atoms with Gasteiger partial charge in [0.2, 0.25) is 0 Å². The van der Waals surface area contributed by atoms with Crippen molar-refractivity contribution in [3.05, 3.63) is 38.9 Å². The average Bonchev–Trinajstić information content (AvgIpc) is 2.35. The molecule has 0 bridgehead atoms. The second-order valence-corrected chi connectivity index (χ2v) is 4.23. The number of aliphatic carboxylic acids is 1. The number of nitro benzene ring substituents is 1. The van der Waals surface area contributed by atoms with E-state index >= 15 is 0 Å². The number of carbonyl (C=O) groups is 2. The molecule has 0 saturated heterocycles. The molecule has 19 heavy (non-hydrogen) atoms. The van der Waals surface area contributed by atoms with Gasteiger partial charge < -0.3 is 10.0 Å². The van der Waals surface area contributed by atoms with Gasteiger partial charge in [0, 0.05) is 13.1 Å². The van der Waals surface area contributed by atoms with Gasteiger partial charge in [-0.25, -0.2) is 4.79 Å². The first kappa shape index (κ1) is 14.9. The molecule has 102 valence electrons. The van der Waals surface area contributed by atoms with Gasteiger partial charge in [-0.1, -0.05) is 17.7 Å². The molecule has 1 aromatic carbocycles. The topological polar surface area (TPSA) is 101 Å². The van der Waals surface area contributed by atoms with E-state index in [1.807, 2.05) is 0 Å². The number of nitro groups is 1. The molecule has 0 aliphatic heterocycles.